The van der Waals surface area contributed by atoms with Crippen molar-refractivity contribution >= 4 is 17.3 Å². The number of methoxy groups -OCH3 is 1. The minimum Gasteiger partial charge on any atom is -0.507 e. The van der Waals surface area contributed by atoms with E-state index in [1.54, 1.807) is 38.3 Å². The highest BCUT2D eigenvalue weighted by atomic mass is 16.5. The van der Waals surface area contributed by atoms with Gasteiger partial charge in [0.05, 0.1) is 18.1 Å². The number of benzene rings is 2. The Kier molecular flexibility index (Phi) is 3.62. The zero-order valence-corrected chi connectivity index (χ0v) is 12.6. The normalized spacial score (nSPS) is 10.7. The molecular weight excluding hydrogens is 296 g/mol. The van der Waals surface area contributed by atoms with Crippen molar-refractivity contribution in [2.45, 2.75) is 6.92 Å². The molecule has 1 aromatic heterocycles. The molecular formula is C18H14O5. The van der Waals surface area contributed by atoms with Gasteiger partial charge in [-0.2, -0.15) is 0 Å². The van der Waals surface area contributed by atoms with Crippen molar-refractivity contribution in [2.75, 3.05) is 7.11 Å². The predicted octanol–water partition coefficient (Wildman–Crippen LogP) is 3.30. The van der Waals surface area contributed by atoms with E-state index in [0.29, 0.717) is 28.9 Å². The summed E-state index contributed by atoms with van der Waals surface area (Å²) in [4.78, 5) is 23.8. The molecule has 3 rings (SSSR count). The number of aromatic hydroxyl groups is 1. The average molecular weight is 310 g/mol. The Morgan fingerprint density at radius 1 is 1.13 bits per heavy atom. The molecule has 0 bridgehead atoms. The molecule has 0 spiro atoms. The van der Waals surface area contributed by atoms with Crippen LogP contribution in [0.4, 0.5) is 0 Å². The third-order valence-electron chi connectivity index (χ3n) is 3.77. The minimum atomic E-state index is -0.236. The molecule has 0 saturated carbocycles. The number of carbonyl (C=O) groups is 1. The molecule has 0 atom stereocenters. The van der Waals surface area contributed by atoms with Gasteiger partial charge in [-0.25, -0.2) is 0 Å². The van der Waals surface area contributed by atoms with E-state index >= 15 is 0 Å². The van der Waals surface area contributed by atoms with Crippen molar-refractivity contribution in [3.05, 3.63) is 57.7 Å². The van der Waals surface area contributed by atoms with Gasteiger partial charge in [-0.1, -0.05) is 0 Å². The molecule has 116 valence electrons. The number of carbonyl (C=O) groups excluding carboxylic acids is 1. The van der Waals surface area contributed by atoms with Crippen LogP contribution in [0.2, 0.25) is 0 Å². The Balaban J connectivity index is 2.34. The first-order valence-corrected chi connectivity index (χ1v) is 6.95. The van der Waals surface area contributed by atoms with Crippen LogP contribution in [0.25, 0.3) is 22.3 Å². The number of phenols is 1. The number of fused-ring (bicyclic) bond motifs is 1. The summed E-state index contributed by atoms with van der Waals surface area (Å²) in [6.07, 6.45) is 0.480. The zero-order chi connectivity index (χ0) is 16.6. The van der Waals surface area contributed by atoms with Crippen LogP contribution in [0.1, 0.15) is 15.9 Å². The molecule has 0 aliphatic carbocycles. The van der Waals surface area contributed by atoms with Crippen LogP contribution in [0.3, 0.4) is 0 Å². The van der Waals surface area contributed by atoms with Crippen molar-refractivity contribution in [1.82, 2.24) is 0 Å². The van der Waals surface area contributed by atoms with Crippen LogP contribution < -0.4 is 10.2 Å². The number of hydrogen-bond donors (Lipinski definition) is 1. The molecule has 1 heterocycles. The average Bonchev–Trinajstić information content (AvgIpc) is 2.58. The van der Waals surface area contributed by atoms with Gasteiger partial charge in [0.1, 0.15) is 17.3 Å². The maximum absolute atomic E-state index is 12.5. The second-order valence-electron chi connectivity index (χ2n) is 5.11. The van der Waals surface area contributed by atoms with Crippen LogP contribution in [-0.2, 0) is 0 Å². The van der Waals surface area contributed by atoms with Crippen LogP contribution in [-0.4, -0.2) is 18.5 Å². The molecule has 0 aliphatic heterocycles. The first-order valence-electron chi connectivity index (χ1n) is 6.95. The molecule has 0 amide bonds. The fourth-order valence-corrected chi connectivity index (χ4v) is 2.49. The largest absolute Gasteiger partial charge is 0.507 e. The summed E-state index contributed by atoms with van der Waals surface area (Å²) >= 11 is 0. The van der Waals surface area contributed by atoms with E-state index in [1.807, 2.05) is 0 Å². The molecule has 3 aromatic rings. The van der Waals surface area contributed by atoms with Gasteiger partial charge in [-0.3, -0.25) is 9.59 Å². The van der Waals surface area contributed by atoms with Crippen LogP contribution >= 0.6 is 0 Å². The van der Waals surface area contributed by atoms with Crippen molar-refractivity contribution in [3.8, 4) is 22.8 Å². The summed E-state index contributed by atoms with van der Waals surface area (Å²) < 4.78 is 10.9. The number of rotatable bonds is 3. The van der Waals surface area contributed by atoms with E-state index < -0.39 is 0 Å². The lowest BCUT2D eigenvalue weighted by atomic mass is 10.0. The zero-order valence-electron chi connectivity index (χ0n) is 12.6. The molecule has 0 unspecified atom stereocenters. The Hall–Kier alpha value is -3.08. The van der Waals surface area contributed by atoms with E-state index in [-0.39, 0.29) is 27.7 Å². The lowest BCUT2D eigenvalue weighted by Gasteiger charge is -2.09. The molecule has 23 heavy (non-hydrogen) atoms. The van der Waals surface area contributed by atoms with Crippen molar-refractivity contribution in [2.24, 2.45) is 0 Å². The van der Waals surface area contributed by atoms with Crippen LogP contribution in [0.5, 0.6) is 11.5 Å². The minimum absolute atomic E-state index is 0.0330. The maximum Gasteiger partial charge on any atom is 0.196 e. The molecule has 0 fully saturated rings. The highest BCUT2D eigenvalue weighted by molar-refractivity contribution is 5.98. The first-order chi connectivity index (χ1) is 11.1. The van der Waals surface area contributed by atoms with Crippen molar-refractivity contribution in [3.63, 3.8) is 0 Å². The molecule has 0 radical (unpaired) electrons. The SMILES string of the molecule is COc1ccc(-c2oc3c(C=O)c(O)ccc3c(=O)c2C)cc1. The fraction of sp³-hybridized carbons (Fsp3) is 0.111. The summed E-state index contributed by atoms with van der Waals surface area (Å²) in [7, 11) is 1.57. The lowest BCUT2D eigenvalue weighted by molar-refractivity contribution is 0.112. The Morgan fingerprint density at radius 3 is 2.43 bits per heavy atom. The van der Waals surface area contributed by atoms with Crippen LogP contribution in [0, 0.1) is 6.92 Å². The van der Waals surface area contributed by atoms with Gasteiger partial charge in [0.25, 0.3) is 0 Å². The maximum atomic E-state index is 12.5. The summed E-state index contributed by atoms with van der Waals surface area (Å²) in [6, 6.07) is 9.80. The van der Waals surface area contributed by atoms with Gasteiger partial charge in [-0.05, 0) is 43.3 Å². The predicted molar refractivity (Wildman–Crippen MR) is 86.3 cm³/mol. The van der Waals surface area contributed by atoms with Gasteiger partial charge in [0, 0.05) is 11.1 Å². The second-order valence-corrected chi connectivity index (χ2v) is 5.11. The lowest BCUT2D eigenvalue weighted by Crippen LogP contribution is -2.08. The van der Waals surface area contributed by atoms with Gasteiger partial charge in [0.15, 0.2) is 17.3 Å². The Labute approximate surface area is 131 Å². The molecule has 1 N–H and O–H groups in total. The third-order valence-corrected chi connectivity index (χ3v) is 3.77. The highest BCUT2D eigenvalue weighted by Crippen LogP contribution is 2.30. The number of aldehydes is 1. The smallest absolute Gasteiger partial charge is 0.196 e. The summed E-state index contributed by atoms with van der Waals surface area (Å²) in [5.74, 6) is 0.819. The Morgan fingerprint density at radius 2 is 1.83 bits per heavy atom. The third kappa shape index (κ3) is 2.36. The standard InChI is InChI=1S/C18H14O5/c1-10-16(21)13-7-8-15(20)14(9-19)18(13)23-17(10)11-3-5-12(22-2)6-4-11/h3-9,20H,1-2H3. The second kappa shape index (κ2) is 5.61. The van der Waals surface area contributed by atoms with Gasteiger partial charge >= 0.3 is 0 Å². The highest BCUT2D eigenvalue weighted by Gasteiger charge is 2.17. The van der Waals surface area contributed by atoms with Crippen LogP contribution in [0.15, 0.2) is 45.6 Å². The molecule has 0 saturated heterocycles. The topological polar surface area (TPSA) is 76.7 Å². The summed E-state index contributed by atoms with van der Waals surface area (Å²) in [6.45, 7) is 1.66. The van der Waals surface area contributed by atoms with E-state index in [0.717, 1.165) is 0 Å². The molecule has 2 aromatic carbocycles. The van der Waals surface area contributed by atoms with E-state index in [1.165, 1.54) is 12.1 Å². The number of hydrogen-bond acceptors (Lipinski definition) is 5. The van der Waals surface area contributed by atoms with Gasteiger partial charge in [0.2, 0.25) is 0 Å². The number of phenolic OH excluding ortho intramolecular Hbond substituents is 1. The fourth-order valence-electron chi connectivity index (χ4n) is 2.49. The molecule has 5 heteroatoms. The Bertz CT molecular complexity index is 952. The van der Waals surface area contributed by atoms with Gasteiger partial charge in [-0.15, -0.1) is 0 Å². The van der Waals surface area contributed by atoms with E-state index in [2.05, 4.69) is 0 Å². The molecule has 5 nitrogen and oxygen atoms in total. The van der Waals surface area contributed by atoms with Crippen molar-refractivity contribution < 1.29 is 19.1 Å². The molecule has 0 aliphatic rings. The monoisotopic (exact) mass is 310 g/mol. The number of ether oxygens (including phenoxy) is 1. The summed E-state index contributed by atoms with van der Waals surface area (Å²) in [5, 5.41) is 10.1. The van der Waals surface area contributed by atoms with E-state index in [4.69, 9.17) is 9.15 Å². The quantitative estimate of drug-likeness (QED) is 0.751. The van der Waals surface area contributed by atoms with Gasteiger partial charge < -0.3 is 14.3 Å². The van der Waals surface area contributed by atoms with Crippen molar-refractivity contribution in [1.29, 1.82) is 0 Å². The summed E-state index contributed by atoms with van der Waals surface area (Å²) in [5.41, 5.74) is 0.934. The van der Waals surface area contributed by atoms with E-state index in [9.17, 15) is 14.7 Å². The first kappa shape index (κ1) is 14.8.